The molecule has 2 atom stereocenters. The van der Waals surface area contributed by atoms with Gasteiger partial charge >= 0.3 is 0 Å². The monoisotopic (exact) mass is 263 g/mol. The normalized spacial score (nSPS) is 17.4. The Labute approximate surface area is 115 Å². The number of nitrogens with one attached hydrogen (secondary N) is 1. The van der Waals surface area contributed by atoms with Crippen LogP contribution < -0.4 is 16.0 Å². The van der Waals surface area contributed by atoms with E-state index in [2.05, 4.69) is 42.4 Å². The molecule has 3 N–H and O–H groups in total. The molecular formula is C15H25N3O. The quantitative estimate of drug-likeness (QED) is 0.812. The molecule has 4 nitrogen and oxygen atoms in total. The molecule has 106 valence electrons. The number of likely N-dealkylation sites (N-methyl/N-ethyl adjacent to an activating group) is 1. The molecule has 19 heavy (non-hydrogen) atoms. The van der Waals surface area contributed by atoms with Crippen LogP contribution in [0.15, 0.2) is 18.2 Å². The minimum absolute atomic E-state index is 0.203. The van der Waals surface area contributed by atoms with Crippen molar-refractivity contribution in [2.24, 2.45) is 5.73 Å². The second kappa shape index (κ2) is 6.37. The van der Waals surface area contributed by atoms with Gasteiger partial charge in [0.1, 0.15) is 0 Å². The summed E-state index contributed by atoms with van der Waals surface area (Å²) in [5, 5.41) is 3.48. The summed E-state index contributed by atoms with van der Waals surface area (Å²) in [5.41, 5.74) is 9.95. The largest absolute Gasteiger partial charge is 0.380 e. The second-order valence-corrected chi connectivity index (χ2v) is 5.30. The molecule has 0 fully saturated rings. The third kappa shape index (κ3) is 3.26. The fourth-order valence-corrected chi connectivity index (χ4v) is 2.53. The van der Waals surface area contributed by atoms with Gasteiger partial charge in [0.2, 0.25) is 0 Å². The van der Waals surface area contributed by atoms with Crippen molar-refractivity contribution < 1.29 is 4.74 Å². The highest BCUT2D eigenvalue weighted by molar-refractivity contribution is 5.58. The van der Waals surface area contributed by atoms with Crippen LogP contribution in [0.3, 0.4) is 0 Å². The van der Waals surface area contributed by atoms with Crippen LogP contribution in [0.4, 0.5) is 5.69 Å². The van der Waals surface area contributed by atoms with Gasteiger partial charge in [0, 0.05) is 45.5 Å². The first kappa shape index (κ1) is 14.3. The number of nitrogens with zero attached hydrogens (tertiary/aromatic N) is 1. The summed E-state index contributed by atoms with van der Waals surface area (Å²) in [6.07, 6.45) is 1.33. The number of methoxy groups -OCH3 is 1. The molecule has 1 aliphatic rings. The molecule has 1 aromatic carbocycles. The van der Waals surface area contributed by atoms with E-state index >= 15 is 0 Å². The lowest BCUT2D eigenvalue weighted by Crippen LogP contribution is -2.34. The van der Waals surface area contributed by atoms with E-state index in [1.54, 1.807) is 7.11 Å². The van der Waals surface area contributed by atoms with Crippen molar-refractivity contribution in [2.45, 2.75) is 25.5 Å². The average molecular weight is 263 g/mol. The van der Waals surface area contributed by atoms with Crippen molar-refractivity contribution in [3.8, 4) is 0 Å². The van der Waals surface area contributed by atoms with Gasteiger partial charge in [-0.1, -0.05) is 12.1 Å². The number of fused-ring (bicyclic) bond motifs is 1. The molecule has 1 heterocycles. The van der Waals surface area contributed by atoms with E-state index in [0.717, 1.165) is 19.5 Å². The lowest BCUT2D eigenvalue weighted by molar-refractivity contribution is 0.114. The molecule has 0 saturated heterocycles. The molecule has 0 amide bonds. The van der Waals surface area contributed by atoms with E-state index in [-0.39, 0.29) is 12.1 Å². The fraction of sp³-hybridized carbons (Fsp3) is 0.600. The van der Waals surface area contributed by atoms with E-state index in [1.807, 2.05) is 0 Å². The Bertz CT molecular complexity index is 422. The highest BCUT2D eigenvalue weighted by Gasteiger charge is 2.18. The molecule has 0 aromatic heterocycles. The van der Waals surface area contributed by atoms with Crippen molar-refractivity contribution in [3.05, 3.63) is 29.3 Å². The number of benzene rings is 1. The number of nitrogens with two attached hydrogens (primary N) is 1. The Kier molecular flexibility index (Phi) is 4.80. The molecule has 1 aliphatic heterocycles. The minimum atomic E-state index is 0.203. The summed E-state index contributed by atoms with van der Waals surface area (Å²) in [6, 6.07) is 6.89. The maximum Gasteiger partial charge on any atom is 0.0667 e. The lowest BCUT2D eigenvalue weighted by Gasteiger charge is -2.21. The van der Waals surface area contributed by atoms with Gasteiger partial charge in [-0.05, 0) is 30.5 Å². The maximum atomic E-state index is 5.89. The number of ether oxygens (including phenoxy) is 1. The van der Waals surface area contributed by atoms with Crippen LogP contribution in [0.1, 0.15) is 24.1 Å². The van der Waals surface area contributed by atoms with Crippen molar-refractivity contribution in [1.29, 1.82) is 0 Å². The molecule has 1 aromatic rings. The summed E-state index contributed by atoms with van der Waals surface area (Å²) in [7, 11) is 3.87. The fourth-order valence-electron chi connectivity index (χ4n) is 2.53. The zero-order chi connectivity index (χ0) is 13.8. The Morgan fingerprint density at radius 2 is 2.26 bits per heavy atom. The number of anilines is 1. The van der Waals surface area contributed by atoms with Crippen molar-refractivity contribution >= 4 is 5.69 Å². The first-order valence-corrected chi connectivity index (χ1v) is 6.96. The molecular weight excluding hydrogens is 238 g/mol. The zero-order valence-corrected chi connectivity index (χ0v) is 12.1. The first-order valence-electron chi connectivity index (χ1n) is 6.96. The molecule has 0 bridgehead atoms. The lowest BCUT2D eigenvalue weighted by atomic mass is 10.0. The average Bonchev–Trinajstić information content (AvgIpc) is 2.80. The van der Waals surface area contributed by atoms with Crippen molar-refractivity contribution in [1.82, 2.24) is 5.32 Å². The number of hydrogen-bond acceptors (Lipinski definition) is 4. The molecule has 0 saturated carbocycles. The van der Waals surface area contributed by atoms with Crippen LogP contribution in [0.2, 0.25) is 0 Å². The third-order valence-corrected chi connectivity index (χ3v) is 3.92. The minimum Gasteiger partial charge on any atom is -0.380 e. The predicted molar refractivity (Wildman–Crippen MR) is 79.7 cm³/mol. The van der Waals surface area contributed by atoms with Gasteiger partial charge < -0.3 is 20.7 Å². The van der Waals surface area contributed by atoms with Crippen LogP contribution >= 0.6 is 0 Å². The van der Waals surface area contributed by atoms with Gasteiger partial charge in [0.15, 0.2) is 0 Å². The van der Waals surface area contributed by atoms with Crippen molar-refractivity contribution in [3.63, 3.8) is 0 Å². The van der Waals surface area contributed by atoms with Crippen LogP contribution in [0, 0.1) is 0 Å². The molecule has 0 spiro atoms. The Morgan fingerprint density at radius 3 is 2.95 bits per heavy atom. The zero-order valence-electron chi connectivity index (χ0n) is 12.1. The van der Waals surface area contributed by atoms with Gasteiger partial charge in [-0.3, -0.25) is 0 Å². The highest BCUT2D eigenvalue weighted by atomic mass is 16.5. The summed E-state index contributed by atoms with van der Waals surface area (Å²) in [5.74, 6) is 0. The third-order valence-electron chi connectivity index (χ3n) is 3.92. The Hall–Kier alpha value is -1.10. The van der Waals surface area contributed by atoms with Gasteiger partial charge in [-0.25, -0.2) is 0 Å². The van der Waals surface area contributed by atoms with Gasteiger partial charge in [0.25, 0.3) is 0 Å². The molecule has 0 aliphatic carbocycles. The standard InChI is InChI=1S/C15H25N3O/c1-11(19-3)10-17-14(9-16)12-4-5-15-13(8-12)6-7-18(15)2/h4-5,8,11,14,17H,6-7,9-10,16H2,1-3H3. The van der Waals surface area contributed by atoms with Crippen LogP contribution in [0.5, 0.6) is 0 Å². The Morgan fingerprint density at radius 1 is 1.47 bits per heavy atom. The van der Waals surface area contributed by atoms with E-state index in [9.17, 15) is 0 Å². The highest BCUT2D eigenvalue weighted by Crippen LogP contribution is 2.29. The van der Waals surface area contributed by atoms with Gasteiger partial charge in [0.05, 0.1) is 6.10 Å². The summed E-state index contributed by atoms with van der Waals surface area (Å²) in [6.45, 7) is 4.58. The van der Waals surface area contributed by atoms with Gasteiger partial charge in [-0.15, -0.1) is 0 Å². The SMILES string of the molecule is COC(C)CNC(CN)c1ccc2c(c1)CCN2C. The first-order chi connectivity index (χ1) is 9.15. The molecule has 4 heteroatoms. The molecule has 2 unspecified atom stereocenters. The predicted octanol–water partition coefficient (Wildman–Crippen LogP) is 1.30. The summed E-state index contributed by atoms with van der Waals surface area (Å²) >= 11 is 0. The van der Waals surface area contributed by atoms with Crippen LogP contribution in [-0.2, 0) is 11.2 Å². The topological polar surface area (TPSA) is 50.5 Å². The van der Waals surface area contributed by atoms with E-state index in [1.165, 1.54) is 16.8 Å². The second-order valence-electron chi connectivity index (χ2n) is 5.30. The number of hydrogen-bond donors (Lipinski definition) is 2. The molecule has 2 rings (SSSR count). The van der Waals surface area contributed by atoms with Gasteiger partial charge in [-0.2, -0.15) is 0 Å². The summed E-state index contributed by atoms with van der Waals surface area (Å²) < 4.78 is 5.26. The Balaban J connectivity index is 2.07. The molecule has 0 radical (unpaired) electrons. The summed E-state index contributed by atoms with van der Waals surface area (Å²) in [4.78, 5) is 2.30. The maximum absolute atomic E-state index is 5.89. The van der Waals surface area contributed by atoms with E-state index < -0.39 is 0 Å². The van der Waals surface area contributed by atoms with E-state index in [4.69, 9.17) is 10.5 Å². The van der Waals surface area contributed by atoms with Crippen LogP contribution in [0.25, 0.3) is 0 Å². The van der Waals surface area contributed by atoms with Crippen molar-refractivity contribution in [2.75, 3.05) is 38.7 Å². The van der Waals surface area contributed by atoms with E-state index in [0.29, 0.717) is 6.54 Å². The smallest absolute Gasteiger partial charge is 0.0667 e. The number of rotatable bonds is 6. The van der Waals surface area contributed by atoms with Crippen LogP contribution in [-0.4, -0.2) is 39.9 Å².